The number of thiocarbonyl (C=S) groups is 1. The van der Waals surface area contributed by atoms with E-state index in [9.17, 15) is 24.3 Å². The van der Waals surface area contributed by atoms with Crippen molar-refractivity contribution in [1.82, 2.24) is 4.90 Å². The van der Waals surface area contributed by atoms with E-state index in [1.807, 2.05) is 0 Å². The van der Waals surface area contributed by atoms with Crippen molar-refractivity contribution in [2.45, 2.75) is 12.5 Å². The molecule has 9 nitrogen and oxygen atoms in total. The van der Waals surface area contributed by atoms with Crippen LogP contribution in [0.5, 0.6) is 0 Å². The smallest absolute Gasteiger partial charge is 0.335 e. The van der Waals surface area contributed by atoms with E-state index in [1.54, 1.807) is 24.3 Å². The number of thioether (sulfide) groups is 1. The number of amides is 1. The number of aromatic carboxylic acids is 1. The second-order valence-corrected chi connectivity index (χ2v) is 7.76. The first-order valence-corrected chi connectivity index (χ1v) is 9.55. The van der Waals surface area contributed by atoms with Gasteiger partial charge in [0.15, 0.2) is 0 Å². The number of carboxylic acid groups (broad SMARTS) is 3. The van der Waals surface area contributed by atoms with Crippen LogP contribution in [-0.4, -0.2) is 54.4 Å². The van der Waals surface area contributed by atoms with Crippen LogP contribution in [0, 0.1) is 0 Å². The molecule has 0 spiro atoms. The Hall–Kier alpha value is -3.44. The lowest BCUT2D eigenvalue weighted by Gasteiger charge is -2.21. The summed E-state index contributed by atoms with van der Waals surface area (Å²) < 4.78 is 5.60. The number of rotatable bonds is 7. The summed E-state index contributed by atoms with van der Waals surface area (Å²) >= 11 is 5.91. The third kappa shape index (κ3) is 4.42. The summed E-state index contributed by atoms with van der Waals surface area (Å²) in [5.74, 6) is -3.89. The van der Waals surface area contributed by atoms with Crippen molar-refractivity contribution in [1.29, 1.82) is 0 Å². The molecule has 2 heterocycles. The Morgan fingerprint density at radius 3 is 2.33 bits per heavy atom. The standard InChI is InChI=1S/C19H13NO8S2/c21-15(22)8-12(18(26)27)20-16(23)14(30-19(20)29)7-11-5-6-13(28-11)9-1-3-10(4-2-9)17(24)25/h1-7,12H,8H2,(H,21,22)(H,24,25)(H,26,27)/b14-7-/t12-/m1/s1. The van der Waals surface area contributed by atoms with Crippen molar-refractivity contribution in [3.8, 4) is 11.3 Å². The molecule has 1 amide bonds. The Bertz CT molecular complexity index is 1090. The molecule has 1 atom stereocenters. The van der Waals surface area contributed by atoms with Gasteiger partial charge in [-0.3, -0.25) is 14.5 Å². The Kier molecular flexibility index (Phi) is 6.04. The van der Waals surface area contributed by atoms with Crippen LogP contribution in [0.15, 0.2) is 45.7 Å². The SMILES string of the molecule is O=C(O)C[C@H](C(=O)O)N1C(=O)/C(=C/c2ccc(-c3ccc(C(=O)O)cc3)o2)SC1=S. The Balaban J connectivity index is 1.83. The van der Waals surface area contributed by atoms with Crippen LogP contribution in [0.3, 0.4) is 0 Å². The second-order valence-electron chi connectivity index (χ2n) is 6.09. The fourth-order valence-corrected chi connectivity index (χ4v) is 4.03. The maximum absolute atomic E-state index is 12.6. The van der Waals surface area contributed by atoms with Crippen molar-refractivity contribution < 1.29 is 38.9 Å². The van der Waals surface area contributed by atoms with Crippen molar-refractivity contribution in [2.24, 2.45) is 0 Å². The third-order valence-electron chi connectivity index (χ3n) is 4.10. The van der Waals surface area contributed by atoms with Gasteiger partial charge in [-0.05, 0) is 24.3 Å². The number of carbonyl (C=O) groups excluding carboxylic acids is 1. The number of aliphatic carboxylic acids is 2. The normalized spacial score (nSPS) is 16.1. The zero-order valence-corrected chi connectivity index (χ0v) is 16.6. The first-order valence-electron chi connectivity index (χ1n) is 8.32. The van der Waals surface area contributed by atoms with Crippen LogP contribution in [0.1, 0.15) is 22.5 Å². The van der Waals surface area contributed by atoms with Crippen LogP contribution in [0.25, 0.3) is 17.4 Å². The minimum atomic E-state index is -1.61. The van der Waals surface area contributed by atoms with Crippen LogP contribution >= 0.6 is 24.0 Å². The van der Waals surface area contributed by atoms with Gasteiger partial charge in [-0.15, -0.1) is 0 Å². The number of nitrogens with zero attached hydrogens (tertiary/aromatic N) is 1. The van der Waals surface area contributed by atoms with E-state index in [-0.39, 0.29) is 20.5 Å². The molecule has 0 unspecified atom stereocenters. The molecule has 1 aromatic heterocycles. The fraction of sp³-hybridized carbons (Fsp3) is 0.105. The molecule has 1 aromatic carbocycles. The molecule has 0 saturated carbocycles. The molecule has 3 N–H and O–H groups in total. The molecule has 3 rings (SSSR count). The summed E-state index contributed by atoms with van der Waals surface area (Å²) in [6, 6.07) is 7.62. The Morgan fingerprint density at radius 1 is 1.10 bits per heavy atom. The van der Waals surface area contributed by atoms with Gasteiger partial charge in [0.2, 0.25) is 0 Å². The Morgan fingerprint density at radius 2 is 1.77 bits per heavy atom. The van der Waals surface area contributed by atoms with Gasteiger partial charge in [-0.2, -0.15) is 0 Å². The molecule has 11 heteroatoms. The van der Waals surface area contributed by atoms with E-state index < -0.39 is 36.3 Å². The average molecular weight is 447 g/mol. The van der Waals surface area contributed by atoms with E-state index in [0.717, 1.165) is 16.7 Å². The number of furan rings is 1. The average Bonchev–Trinajstić information content (AvgIpc) is 3.25. The molecule has 154 valence electrons. The molecule has 0 aliphatic carbocycles. The van der Waals surface area contributed by atoms with Gasteiger partial charge < -0.3 is 19.7 Å². The molecule has 30 heavy (non-hydrogen) atoms. The minimum Gasteiger partial charge on any atom is -0.481 e. The second kappa shape index (κ2) is 8.51. The molecule has 1 aliphatic heterocycles. The molecule has 0 bridgehead atoms. The highest BCUT2D eigenvalue weighted by Gasteiger charge is 2.41. The third-order valence-corrected chi connectivity index (χ3v) is 5.44. The van der Waals surface area contributed by atoms with Gasteiger partial charge >= 0.3 is 17.9 Å². The minimum absolute atomic E-state index is 0.0593. The van der Waals surface area contributed by atoms with Crippen LogP contribution in [0.2, 0.25) is 0 Å². The number of carbonyl (C=O) groups is 4. The molecular weight excluding hydrogens is 434 g/mol. The van der Waals surface area contributed by atoms with Crippen molar-refractivity contribution in [2.75, 3.05) is 0 Å². The van der Waals surface area contributed by atoms with E-state index in [0.29, 0.717) is 11.3 Å². The van der Waals surface area contributed by atoms with E-state index in [2.05, 4.69) is 0 Å². The zero-order chi connectivity index (χ0) is 22.0. The zero-order valence-electron chi connectivity index (χ0n) is 15.0. The number of hydrogen-bond acceptors (Lipinski definition) is 7. The quantitative estimate of drug-likeness (QED) is 0.428. The van der Waals surface area contributed by atoms with E-state index in [1.165, 1.54) is 18.2 Å². The van der Waals surface area contributed by atoms with Gasteiger partial charge in [0.05, 0.1) is 16.9 Å². The van der Waals surface area contributed by atoms with E-state index >= 15 is 0 Å². The lowest BCUT2D eigenvalue weighted by molar-refractivity contribution is -0.150. The number of hydrogen-bond donors (Lipinski definition) is 3. The van der Waals surface area contributed by atoms with Gasteiger partial charge in [0.1, 0.15) is 21.9 Å². The predicted molar refractivity (Wildman–Crippen MR) is 110 cm³/mol. The van der Waals surface area contributed by atoms with Gasteiger partial charge in [0, 0.05) is 11.6 Å². The van der Waals surface area contributed by atoms with Crippen molar-refractivity contribution in [3.05, 3.63) is 52.6 Å². The predicted octanol–water partition coefficient (Wildman–Crippen LogP) is 2.77. The largest absolute Gasteiger partial charge is 0.481 e. The lowest BCUT2D eigenvalue weighted by atomic mass is 10.1. The highest BCUT2D eigenvalue weighted by molar-refractivity contribution is 8.26. The van der Waals surface area contributed by atoms with Crippen LogP contribution < -0.4 is 0 Å². The van der Waals surface area contributed by atoms with Gasteiger partial charge in [0.25, 0.3) is 5.91 Å². The summed E-state index contributed by atoms with van der Waals surface area (Å²) in [6.45, 7) is 0. The molecule has 1 saturated heterocycles. The first kappa shape index (κ1) is 21.3. The first-order chi connectivity index (χ1) is 14.2. The van der Waals surface area contributed by atoms with E-state index in [4.69, 9.17) is 26.8 Å². The summed E-state index contributed by atoms with van der Waals surface area (Å²) in [4.78, 5) is 46.8. The van der Waals surface area contributed by atoms with Crippen molar-refractivity contribution >= 4 is 58.2 Å². The monoisotopic (exact) mass is 447 g/mol. The Labute approximate surface area is 178 Å². The topological polar surface area (TPSA) is 145 Å². The number of carboxylic acids is 3. The van der Waals surface area contributed by atoms with Crippen LogP contribution in [-0.2, 0) is 14.4 Å². The molecule has 1 aliphatic rings. The number of benzene rings is 1. The lowest BCUT2D eigenvalue weighted by Crippen LogP contribution is -2.45. The summed E-state index contributed by atoms with van der Waals surface area (Å²) in [6.07, 6.45) is 0.598. The fourth-order valence-electron chi connectivity index (χ4n) is 2.69. The molecule has 0 radical (unpaired) electrons. The molecular formula is C19H13NO8S2. The van der Waals surface area contributed by atoms with Crippen LogP contribution in [0.4, 0.5) is 0 Å². The maximum Gasteiger partial charge on any atom is 0.335 e. The summed E-state index contributed by atoms with van der Waals surface area (Å²) in [7, 11) is 0. The van der Waals surface area contributed by atoms with Gasteiger partial charge in [-0.25, -0.2) is 9.59 Å². The highest BCUT2D eigenvalue weighted by atomic mass is 32.2. The summed E-state index contributed by atoms with van der Waals surface area (Å²) in [5.41, 5.74) is 0.753. The molecule has 1 fully saturated rings. The van der Waals surface area contributed by atoms with Crippen molar-refractivity contribution in [3.63, 3.8) is 0 Å². The van der Waals surface area contributed by atoms with Gasteiger partial charge in [-0.1, -0.05) is 36.1 Å². The highest BCUT2D eigenvalue weighted by Crippen LogP contribution is 2.35. The molecule has 2 aromatic rings. The summed E-state index contributed by atoms with van der Waals surface area (Å²) in [5, 5.41) is 27.1. The maximum atomic E-state index is 12.6.